The summed E-state index contributed by atoms with van der Waals surface area (Å²) in [5.74, 6) is 1.05. The molecule has 0 saturated carbocycles. The number of carbonyl (C=O) groups excluding carboxylic acids is 1. The molecule has 1 aliphatic heterocycles. The van der Waals surface area contributed by atoms with Gasteiger partial charge in [0.05, 0.1) is 12.2 Å². The van der Waals surface area contributed by atoms with Crippen LogP contribution in [0.1, 0.15) is 31.4 Å². The molecule has 24 heavy (non-hydrogen) atoms. The van der Waals surface area contributed by atoms with Crippen molar-refractivity contribution in [2.45, 2.75) is 25.8 Å². The van der Waals surface area contributed by atoms with E-state index in [4.69, 9.17) is 11.6 Å². The number of aromatic nitrogens is 2. The number of piperidine rings is 1. The maximum absolute atomic E-state index is 12.5. The summed E-state index contributed by atoms with van der Waals surface area (Å²) in [5.41, 5.74) is 1.06. The third-order valence-corrected chi connectivity index (χ3v) is 4.72. The highest BCUT2D eigenvalue weighted by Gasteiger charge is 2.26. The maximum atomic E-state index is 12.5. The lowest BCUT2D eigenvalue weighted by molar-refractivity contribution is -0.126. The number of nitrogens with one attached hydrogen (secondary N) is 1. The molecule has 1 aromatic heterocycles. The van der Waals surface area contributed by atoms with E-state index in [1.165, 1.54) is 0 Å². The van der Waals surface area contributed by atoms with E-state index in [1.54, 1.807) is 18.6 Å². The van der Waals surface area contributed by atoms with E-state index in [0.717, 1.165) is 37.3 Å². The standard InChI is InChI=1S/C18H21ClN4O/c1-13(14-2-4-16(19)5-3-14)22-18(24)15-6-10-23(11-7-15)17-12-20-8-9-21-17/h2-5,8-9,12-13,15H,6-7,10-11H2,1H3,(H,22,24). The summed E-state index contributed by atoms with van der Waals surface area (Å²) >= 11 is 5.91. The Kier molecular flexibility index (Phi) is 5.30. The third kappa shape index (κ3) is 4.03. The number of hydrogen-bond acceptors (Lipinski definition) is 4. The van der Waals surface area contributed by atoms with Gasteiger partial charge in [0.15, 0.2) is 0 Å². The average Bonchev–Trinajstić information content (AvgIpc) is 2.63. The van der Waals surface area contributed by atoms with Crippen LogP contribution in [0.2, 0.25) is 5.02 Å². The van der Waals surface area contributed by atoms with Gasteiger partial charge >= 0.3 is 0 Å². The van der Waals surface area contributed by atoms with Crippen LogP contribution < -0.4 is 10.2 Å². The molecule has 1 saturated heterocycles. The fourth-order valence-electron chi connectivity index (χ4n) is 2.99. The minimum atomic E-state index is -0.0206. The minimum Gasteiger partial charge on any atom is -0.355 e. The normalized spacial score (nSPS) is 16.7. The Morgan fingerprint density at radius 3 is 2.58 bits per heavy atom. The number of carbonyl (C=O) groups is 1. The van der Waals surface area contributed by atoms with Crippen LogP contribution in [0.3, 0.4) is 0 Å². The Balaban J connectivity index is 1.52. The lowest BCUT2D eigenvalue weighted by Gasteiger charge is -2.32. The molecule has 1 aromatic carbocycles. The number of nitrogens with zero attached hydrogens (tertiary/aromatic N) is 3. The van der Waals surface area contributed by atoms with Gasteiger partial charge in [-0.05, 0) is 37.5 Å². The van der Waals surface area contributed by atoms with Crippen molar-refractivity contribution >= 4 is 23.3 Å². The minimum absolute atomic E-state index is 0.0206. The molecular formula is C18H21ClN4O. The van der Waals surface area contributed by atoms with E-state index in [0.29, 0.717) is 5.02 Å². The Morgan fingerprint density at radius 1 is 1.25 bits per heavy atom. The topological polar surface area (TPSA) is 58.1 Å². The Morgan fingerprint density at radius 2 is 1.96 bits per heavy atom. The van der Waals surface area contributed by atoms with Gasteiger partial charge < -0.3 is 10.2 Å². The van der Waals surface area contributed by atoms with Gasteiger partial charge in [-0.1, -0.05) is 23.7 Å². The van der Waals surface area contributed by atoms with Gasteiger partial charge in [0.2, 0.25) is 5.91 Å². The summed E-state index contributed by atoms with van der Waals surface area (Å²) in [4.78, 5) is 23.1. The van der Waals surface area contributed by atoms with E-state index in [-0.39, 0.29) is 17.9 Å². The van der Waals surface area contributed by atoms with Crippen molar-refractivity contribution in [2.24, 2.45) is 5.92 Å². The molecule has 1 fully saturated rings. The summed E-state index contributed by atoms with van der Waals surface area (Å²) in [7, 11) is 0. The Bertz CT molecular complexity index is 669. The molecule has 0 bridgehead atoms. The summed E-state index contributed by atoms with van der Waals surface area (Å²) in [6.45, 7) is 3.65. The van der Waals surface area contributed by atoms with E-state index in [1.807, 2.05) is 31.2 Å². The van der Waals surface area contributed by atoms with Crippen LogP contribution in [-0.2, 0) is 4.79 Å². The van der Waals surface area contributed by atoms with Crippen LogP contribution in [0, 0.1) is 5.92 Å². The van der Waals surface area contributed by atoms with Crippen molar-refractivity contribution in [3.05, 3.63) is 53.4 Å². The molecule has 1 atom stereocenters. The van der Waals surface area contributed by atoms with Crippen LogP contribution in [0.15, 0.2) is 42.9 Å². The predicted molar refractivity (Wildman–Crippen MR) is 95.0 cm³/mol. The molecule has 1 unspecified atom stereocenters. The zero-order valence-corrected chi connectivity index (χ0v) is 14.4. The molecule has 0 radical (unpaired) electrons. The fraction of sp³-hybridized carbons (Fsp3) is 0.389. The molecule has 6 heteroatoms. The van der Waals surface area contributed by atoms with Gasteiger partial charge in [0.1, 0.15) is 5.82 Å². The second kappa shape index (κ2) is 7.62. The van der Waals surface area contributed by atoms with Crippen LogP contribution in [0.25, 0.3) is 0 Å². The van der Waals surface area contributed by atoms with Crippen molar-refractivity contribution in [3.63, 3.8) is 0 Å². The number of benzene rings is 1. The monoisotopic (exact) mass is 344 g/mol. The predicted octanol–water partition coefficient (Wildman–Crippen LogP) is 3.22. The lowest BCUT2D eigenvalue weighted by atomic mass is 9.95. The molecule has 126 valence electrons. The zero-order chi connectivity index (χ0) is 16.9. The first-order chi connectivity index (χ1) is 11.6. The molecule has 1 amide bonds. The third-order valence-electron chi connectivity index (χ3n) is 4.47. The molecule has 0 spiro atoms. The molecule has 1 N–H and O–H groups in total. The second-order valence-corrected chi connectivity index (χ2v) is 6.54. The van der Waals surface area contributed by atoms with Crippen molar-refractivity contribution in [1.82, 2.24) is 15.3 Å². The van der Waals surface area contributed by atoms with Crippen molar-refractivity contribution < 1.29 is 4.79 Å². The van der Waals surface area contributed by atoms with Crippen molar-refractivity contribution in [1.29, 1.82) is 0 Å². The number of amides is 1. The number of halogens is 1. The highest BCUT2D eigenvalue weighted by atomic mass is 35.5. The van der Waals surface area contributed by atoms with Gasteiger partial charge in [0.25, 0.3) is 0 Å². The van der Waals surface area contributed by atoms with E-state index in [2.05, 4.69) is 20.2 Å². The Labute approximate surface area is 147 Å². The molecule has 1 aliphatic rings. The van der Waals surface area contributed by atoms with Crippen molar-refractivity contribution in [3.8, 4) is 0 Å². The van der Waals surface area contributed by atoms with E-state index < -0.39 is 0 Å². The average molecular weight is 345 g/mol. The summed E-state index contributed by atoms with van der Waals surface area (Å²) in [6, 6.07) is 7.57. The van der Waals surface area contributed by atoms with Gasteiger partial charge in [-0.3, -0.25) is 9.78 Å². The SMILES string of the molecule is CC(NC(=O)C1CCN(c2cnccn2)CC1)c1ccc(Cl)cc1. The number of anilines is 1. The van der Waals surface area contributed by atoms with Gasteiger partial charge in [-0.25, -0.2) is 4.98 Å². The second-order valence-electron chi connectivity index (χ2n) is 6.11. The maximum Gasteiger partial charge on any atom is 0.223 e. The van der Waals surface area contributed by atoms with Crippen molar-refractivity contribution in [2.75, 3.05) is 18.0 Å². The fourth-order valence-corrected chi connectivity index (χ4v) is 3.12. The van der Waals surface area contributed by atoms with Gasteiger partial charge in [-0.2, -0.15) is 0 Å². The molecule has 3 rings (SSSR count). The smallest absolute Gasteiger partial charge is 0.223 e. The quantitative estimate of drug-likeness (QED) is 0.925. The molecule has 2 heterocycles. The molecule has 5 nitrogen and oxygen atoms in total. The van der Waals surface area contributed by atoms with Crippen LogP contribution >= 0.6 is 11.6 Å². The van der Waals surface area contributed by atoms with Crippen LogP contribution in [0.4, 0.5) is 5.82 Å². The van der Waals surface area contributed by atoms with Gasteiger partial charge in [-0.15, -0.1) is 0 Å². The first-order valence-electron chi connectivity index (χ1n) is 8.20. The van der Waals surface area contributed by atoms with Crippen LogP contribution in [0.5, 0.6) is 0 Å². The largest absolute Gasteiger partial charge is 0.355 e. The summed E-state index contributed by atoms with van der Waals surface area (Å²) < 4.78 is 0. The summed E-state index contributed by atoms with van der Waals surface area (Å²) in [6.07, 6.45) is 6.79. The van der Waals surface area contributed by atoms with Crippen LogP contribution in [-0.4, -0.2) is 29.0 Å². The molecular weight excluding hydrogens is 324 g/mol. The molecule has 2 aromatic rings. The van der Waals surface area contributed by atoms with E-state index in [9.17, 15) is 4.79 Å². The summed E-state index contributed by atoms with van der Waals surface area (Å²) in [5, 5.41) is 3.81. The van der Waals surface area contributed by atoms with E-state index >= 15 is 0 Å². The first kappa shape index (κ1) is 16.7. The highest BCUT2D eigenvalue weighted by Crippen LogP contribution is 2.23. The Hall–Kier alpha value is -2.14. The first-order valence-corrected chi connectivity index (χ1v) is 8.58. The lowest BCUT2D eigenvalue weighted by Crippen LogP contribution is -2.41. The van der Waals surface area contributed by atoms with Gasteiger partial charge in [0, 0.05) is 36.4 Å². The number of hydrogen-bond donors (Lipinski definition) is 1. The highest BCUT2D eigenvalue weighted by molar-refractivity contribution is 6.30. The molecule has 0 aliphatic carbocycles. The zero-order valence-electron chi connectivity index (χ0n) is 13.7. The number of rotatable bonds is 4.